The van der Waals surface area contributed by atoms with E-state index in [0.717, 1.165) is 10.9 Å². The van der Waals surface area contributed by atoms with Crippen molar-refractivity contribution in [2.75, 3.05) is 7.11 Å². The summed E-state index contributed by atoms with van der Waals surface area (Å²) < 4.78 is 46.6. The Morgan fingerprint density at radius 2 is 1.59 bits per heavy atom. The van der Waals surface area contributed by atoms with Crippen molar-refractivity contribution in [2.24, 2.45) is 5.14 Å². The summed E-state index contributed by atoms with van der Waals surface area (Å²) in [5.74, 6) is 0.171. The van der Waals surface area contributed by atoms with Crippen molar-refractivity contribution in [1.29, 1.82) is 0 Å². The lowest BCUT2D eigenvalue weighted by Crippen LogP contribution is -2.34. The molecule has 0 fully saturated rings. The molecule has 4 aromatic rings. The van der Waals surface area contributed by atoms with Gasteiger partial charge in [-0.3, -0.25) is 5.14 Å². The largest absolute Gasteiger partial charge is 0.496 e. The Bertz CT molecular complexity index is 1440. The highest BCUT2D eigenvalue weighted by Gasteiger charge is 2.35. The molecule has 0 saturated carbocycles. The van der Waals surface area contributed by atoms with Crippen molar-refractivity contribution in [3.63, 3.8) is 0 Å². The average molecular weight is 497 g/mol. The molecule has 1 aromatic heterocycles. The molecule has 0 bridgehead atoms. The lowest BCUT2D eigenvalue weighted by molar-refractivity contribution is 0.404. The van der Waals surface area contributed by atoms with E-state index in [1.807, 2.05) is 62.4 Å². The maximum absolute atomic E-state index is 14.0. The van der Waals surface area contributed by atoms with Crippen LogP contribution in [0.3, 0.4) is 0 Å². The molecule has 3 aromatic carbocycles. The standard InChI is InChI=1S/C26H28N2O4S2/c1-26(2,33(27)29)18-22(21-14-8-10-16-25(21)32-3)24-17-19-11-7-9-15-23(19)28(24)34(30,31)20-12-5-4-6-13-20/h4-17,22H,18,27H2,1-3H3/t22-,33?/m1/s1. The van der Waals surface area contributed by atoms with Crippen molar-refractivity contribution < 1.29 is 17.4 Å². The zero-order valence-electron chi connectivity index (χ0n) is 19.3. The number of para-hydroxylation sites is 2. The minimum Gasteiger partial charge on any atom is -0.496 e. The van der Waals surface area contributed by atoms with Crippen LogP contribution in [0.25, 0.3) is 10.9 Å². The highest BCUT2D eigenvalue weighted by molar-refractivity contribution is 7.90. The number of ether oxygens (including phenoxy) is 1. The van der Waals surface area contributed by atoms with Gasteiger partial charge in [0, 0.05) is 22.6 Å². The van der Waals surface area contributed by atoms with Gasteiger partial charge in [-0.25, -0.2) is 16.6 Å². The molecular weight excluding hydrogens is 468 g/mol. The molecule has 0 aliphatic carbocycles. The highest BCUT2D eigenvalue weighted by Crippen LogP contribution is 2.41. The molecule has 0 spiro atoms. The van der Waals surface area contributed by atoms with Crippen molar-refractivity contribution in [2.45, 2.75) is 35.8 Å². The molecule has 0 aliphatic rings. The van der Waals surface area contributed by atoms with Gasteiger partial charge in [0.1, 0.15) is 5.75 Å². The first-order valence-electron chi connectivity index (χ1n) is 10.9. The van der Waals surface area contributed by atoms with Gasteiger partial charge in [-0.2, -0.15) is 0 Å². The molecule has 0 amide bonds. The average Bonchev–Trinajstić information content (AvgIpc) is 3.23. The monoisotopic (exact) mass is 496 g/mol. The normalized spacial score (nSPS) is 14.1. The molecule has 0 aliphatic heterocycles. The van der Waals surface area contributed by atoms with E-state index in [2.05, 4.69) is 0 Å². The van der Waals surface area contributed by atoms with Crippen LogP contribution in [0.5, 0.6) is 5.75 Å². The van der Waals surface area contributed by atoms with Crippen LogP contribution in [0.2, 0.25) is 0 Å². The third kappa shape index (κ3) is 4.41. The van der Waals surface area contributed by atoms with Crippen LogP contribution in [0.1, 0.15) is 37.4 Å². The number of nitrogens with two attached hydrogens (primary N) is 1. The third-order valence-corrected chi connectivity index (χ3v) is 9.10. The number of aromatic nitrogens is 1. The number of rotatable bonds is 8. The van der Waals surface area contributed by atoms with Crippen LogP contribution in [-0.4, -0.2) is 28.5 Å². The Kier molecular flexibility index (Phi) is 6.66. The molecule has 8 heteroatoms. The molecule has 1 heterocycles. The predicted molar refractivity (Wildman–Crippen MR) is 137 cm³/mol. The van der Waals surface area contributed by atoms with E-state index in [0.29, 0.717) is 23.4 Å². The maximum atomic E-state index is 14.0. The smallest absolute Gasteiger partial charge is 0.268 e. The summed E-state index contributed by atoms with van der Waals surface area (Å²) in [7, 11) is -3.98. The molecule has 34 heavy (non-hydrogen) atoms. The van der Waals surface area contributed by atoms with Gasteiger partial charge in [0.25, 0.3) is 10.0 Å². The first-order chi connectivity index (χ1) is 16.2. The zero-order valence-corrected chi connectivity index (χ0v) is 21.0. The summed E-state index contributed by atoms with van der Waals surface area (Å²) in [5.41, 5.74) is 1.94. The van der Waals surface area contributed by atoms with Gasteiger partial charge in [0.05, 0.1) is 33.3 Å². The van der Waals surface area contributed by atoms with Gasteiger partial charge >= 0.3 is 0 Å². The topological polar surface area (TPSA) is 91.4 Å². The molecule has 1 unspecified atom stereocenters. The van der Waals surface area contributed by atoms with E-state index in [-0.39, 0.29) is 4.90 Å². The van der Waals surface area contributed by atoms with E-state index in [1.54, 1.807) is 43.5 Å². The lowest BCUT2D eigenvalue weighted by Gasteiger charge is -2.29. The first kappa shape index (κ1) is 24.2. The summed E-state index contributed by atoms with van der Waals surface area (Å²) >= 11 is 0. The van der Waals surface area contributed by atoms with Gasteiger partial charge in [0.15, 0.2) is 0 Å². The Balaban J connectivity index is 2.05. The Morgan fingerprint density at radius 3 is 2.26 bits per heavy atom. The number of fused-ring (bicyclic) bond motifs is 1. The molecule has 178 valence electrons. The second kappa shape index (κ2) is 9.37. The lowest BCUT2D eigenvalue weighted by atomic mass is 9.86. The van der Waals surface area contributed by atoms with E-state index < -0.39 is 31.7 Å². The van der Waals surface area contributed by atoms with Crippen molar-refractivity contribution in [1.82, 2.24) is 3.97 Å². The minimum absolute atomic E-state index is 0.193. The predicted octanol–water partition coefficient (Wildman–Crippen LogP) is 4.81. The second-order valence-corrected chi connectivity index (χ2v) is 12.3. The van der Waals surface area contributed by atoms with Crippen LogP contribution in [0.15, 0.2) is 89.8 Å². The van der Waals surface area contributed by atoms with Crippen LogP contribution in [0, 0.1) is 0 Å². The van der Waals surface area contributed by atoms with E-state index >= 15 is 0 Å². The van der Waals surface area contributed by atoms with Crippen LogP contribution >= 0.6 is 0 Å². The number of methoxy groups -OCH3 is 1. The molecule has 0 saturated heterocycles. The van der Waals surface area contributed by atoms with Gasteiger partial charge in [-0.05, 0) is 50.6 Å². The van der Waals surface area contributed by atoms with E-state index in [1.165, 1.54) is 3.97 Å². The first-order valence-corrected chi connectivity index (χ1v) is 13.5. The van der Waals surface area contributed by atoms with E-state index in [4.69, 9.17) is 9.88 Å². The summed E-state index contributed by atoms with van der Waals surface area (Å²) in [6.45, 7) is 3.65. The fraction of sp³-hybridized carbons (Fsp3) is 0.231. The zero-order chi connectivity index (χ0) is 24.5. The van der Waals surface area contributed by atoms with Crippen molar-refractivity contribution in [3.05, 3.63) is 96.2 Å². The van der Waals surface area contributed by atoms with E-state index in [9.17, 15) is 12.6 Å². The molecule has 0 radical (unpaired) electrons. The number of benzene rings is 3. The highest BCUT2D eigenvalue weighted by atomic mass is 32.2. The Morgan fingerprint density at radius 1 is 0.971 bits per heavy atom. The second-order valence-electron chi connectivity index (χ2n) is 8.77. The Labute approximate surface area is 203 Å². The molecule has 6 nitrogen and oxygen atoms in total. The number of hydrogen-bond donors (Lipinski definition) is 1. The molecule has 2 atom stereocenters. The van der Waals surface area contributed by atoms with Gasteiger partial charge in [0.2, 0.25) is 0 Å². The SMILES string of the molecule is COc1ccccc1[C@@H](CC(C)(C)S(N)=O)c1cc2ccccc2n1S(=O)(=O)c1ccccc1. The summed E-state index contributed by atoms with van der Waals surface area (Å²) in [5, 5.41) is 6.65. The molecule has 4 rings (SSSR count). The van der Waals surface area contributed by atoms with Gasteiger partial charge < -0.3 is 4.74 Å². The summed E-state index contributed by atoms with van der Waals surface area (Å²) in [6.07, 6.45) is 0.344. The van der Waals surface area contributed by atoms with Gasteiger partial charge in [-0.1, -0.05) is 54.6 Å². The van der Waals surface area contributed by atoms with Crippen LogP contribution < -0.4 is 9.88 Å². The maximum Gasteiger partial charge on any atom is 0.268 e. The quantitative estimate of drug-likeness (QED) is 0.379. The fourth-order valence-electron chi connectivity index (χ4n) is 4.26. The van der Waals surface area contributed by atoms with Crippen LogP contribution in [0.4, 0.5) is 0 Å². The third-order valence-electron chi connectivity index (χ3n) is 6.09. The van der Waals surface area contributed by atoms with Crippen molar-refractivity contribution >= 4 is 31.9 Å². The Hall–Kier alpha value is -2.94. The summed E-state index contributed by atoms with van der Waals surface area (Å²) in [6, 6.07) is 25.1. The van der Waals surface area contributed by atoms with Gasteiger partial charge in [-0.15, -0.1) is 0 Å². The van der Waals surface area contributed by atoms with Crippen molar-refractivity contribution in [3.8, 4) is 5.75 Å². The number of hydrogen-bond acceptors (Lipinski definition) is 4. The fourth-order valence-corrected chi connectivity index (χ4v) is 6.19. The molecule has 2 N–H and O–H groups in total. The minimum atomic E-state index is -3.93. The van der Waals surface area contributed by atoms with Crippen LogP contribution in [-0.2, 0) is 21.0 Å². The number of nitrogens with zero attached hydrogens (tertiary/aromatic N) is 1. The molecular formula is C26H28N2O4S2. The summed E-state index contributed by atoms with van der Waals surface area (Å²) in [4.78, 5) is 0.193.